The Morgan fingerprint density at radius 2 is 2.16 bits per heavy atom. The van der Waals surface area contributed by atoms with Crippen molar-refractivity contribution in [2.75, 3.05) is 5.32 Å². The lowest BCUT2D eigenvalue weighted by atomic mass is 10.2. The summed E-state index contributed by atoms with van der Waals surface area (Å²) in [7, 11) is 1.94. The molecule has 0 aliphatic heterocycles. The number of nitriles is 1. The second-order valence-electron chi connectivity index (χ2n) is 4.20. The summed E-state index contributed by atoms with van der Waals surface area (Å²) in [4.78, 5) is 8.49. The highest BCUT2D eigenvalue weighted by Gasteiger charge is 2.06. The molecule has 0 amide bonds. The van der Waals surface area contributed by atoms with Crippen LogP contribution in [0, 0.1) is 11.3 Å². The van der Waals surface area contributed by atoms with Crippen molar-refractivity contribution < 1.29 is 0 Å². The molecule has 3 rings (SSSR count). The van der Waals surface area contributed by atoms with Crippen LogP contribution in [0.25, 0.3) is 11.0 Å². The molecule has 2 aromatic heterocycles. The van der Waals surface area contributed by atoms with Crippen LogP contribution in [-0.2, 0) is 7.05 Å². The van der Waals surface area contributed by atoms with Gasteiger partial charge in [-0.25, -0.2) is 9.97 Å². The van der Waals surface area contributed by atoms with Crippen molar-refractivity contribution in [2.24, 2.45) is 7.05 Å². The third-order valence-electron chi connectivity index (χ3n) is 2.92. The SMILES string of the molecule is Cn1ccc2c(Nc3cccc(C#N)c3)ncnc21. The zero-order valence-electron chi connectivity index (χ0n) is 10.3. The topological polar surface area (TPSA) is 66.5 Å². The maximum atomic E-state index is 8.90. The Morgan fingerprint density at radius 1 is 1.26 bits per heavy atom. The average Bonchev–Trinajstić information content (AvgIpc) is 2.82. The van der Waals surface area contributed by atoms with Crippen LogP contribution in [0.3, 0.4) is 0 Å². The van der Waals surface area contributed by atoms with Crippen molar-refractivity contribution in [3.05, 3.63) is 48.4 Å². The number of anilines is 2. The van der Waals surface area contributed by atoms with Gasteiger partial charge in [-0.15, -0.1) is 0 Å². The smallest absolute Gasteiger partial charge is 0.145 e. The molecule has 0 saturated carbocycles. The zero-order chi connectivity index (χ0) is 13.2. The predicted molar refractivity (Wildman–Crippen MR) is 72.9 cm³/mol. The van der Waals surface area contributed by atoms with Crippen molar-refractivity contribution in [3.8, 4) is 6.07 Å². The van der Waals surface area contributed by atoms with Crippen LogP contribution in [0.4, 0.5) is 11.5 Å². The Kier molecular flexibility index (Phi) is 2.62. The fraction of sp³-hybridized carbons (Fsp3) is 0.0714. The second-order valence-corrected chi connectivity index (χ2v) is 4.20. The second kappa shape index (κ2) is 4.42. The summed E-state index contributed by atoms with van der Waals surface area (Å²) in [6, 6.07) is 11.4. The van der Waals surface area contributed by atoms with Gasteiger partial charge in [-0.1, -0.05) is 6.07 Å². The Hall–Kier alpha value is -2.87. The van der Waals surface area contributed by atoms with E-state index in [2.05, 4.69) is 21.4 Å². The molecule has 1 N–H and O–H groups in total. The van der Waals surface area contributed by atoms with Crippen LogP contribution in [0.2, 0.25) is 0 Å². The summed E-state index contributed by atoms with van der Waals surface area (Å²) < 4.78 is 1.94. The van der Waals surface area contributed by atoms with Crippen LogP contribution in [-0.4, -0.2) is 14.5 Å². The van der Waals surface area contributed by atoms with E-state index >= 15 is 0 Å². The van der Waals surface area contributed by atoms with E-state index in [4.69, 9.17) is 5.26 Å². The first-order valence-electron chi connectivity index (χ1n) is 5.81. The summed E-state index contributed by atoms with van der Waals surface area (Å²) >= 11 is 0. The van der Waals surface area contributed by atoms with Gasteiger partial charge in [0.2, 0.25) is 0 Å². The van der Waals surface area contributed by atoms with E-state index in [0.717, 1.165) is 22.5 Å². The van der Waals surface area contributed by atoms with Crippen LogP contribution in [0.15, 0.2) is 42.9 Å². The van der Waals surface area contributed by atoms with E-state index in [1.807, 2.05) is 36.0 Å². The standard InChI is InChI=1S/C14H11N5/c1-19-6-5-12-13(16-9-17-14(12)19)18-11-4-2-3-10(7-11)8-15/h2-7,9H,1H3,(H,16,17,18). The van der Waals surface area contributed by atoms with Crippen molar-refractivity contribution in [2.45, 2.75) is 0 Å². The molecule has 0 unspecified atom stereocenters. The Morgan fingerprint density at radius 3 is 3.00 bits per heavy atom. The molecule has 5 nitrogen and oxygen atoms in total. The lowest BCUT2D eigenvalue weighted by Gasteiger charge is -2.06. The maximum Gasteiger partial charge on any atom is 0.145 e. The monoisotopic (exact) mass is 249 g/mol. The summed E-state index contributed by atoms with van der Waals surface area (Å²) in [6.07, 6.45) is 3.47. The van der Waals surface area contributed by atoms with E-state index < -0.39 is 0 Å². The minimum atomic E-state index is 0.614. The van der Waals surface area contributed by atoms with Gasteiger partial charge < -0.3 is 9.88 Å². The van der Waals surface area contributed by atoms with Crippen molar-refractivity contribution in [1.82, 2.24) is 14.5 Å². The number of benzene rings is 1. The Labute approximate surface area is 110 Å². The zero-order valence-corrected chi connectivity index (χ0v) is 10.3. The van der Waals surface area contributed by atoms with Gasteiger partial charge in [0.15, 0.2) is 0 Å². The number of nitrogens with one attached hydrogen (secondary N) is 1. The quantitative estimate of drug-likeness (QED) is 0.758. The van der Waals surface area contributed by atoms with E-state index in [0.29, 0.717) is 5.56 Å². The van der Waals surface area contributed by atoms with Gasteiger partial charge in [0, 0.05) is 18.9 Å². The third-order valence-corrected chi connectivity index (χ3v) is 2.92. The molecule has 0 atom stereocenters. The molecule has 0 saturated heterocycles. The van der Waals surface area contributed by atoms with Crippen molar-refractivity contribution in [3.63, 3.8) is 0 Å². The third kappa shape index (κ3) is 2.00. The maximum absolute atomic E-state index is 8.90. The highest BCUT2D eigenvalue weighted by atomic mass is 15.1. The lowest BCUT2D eigenvalue weighted by Crippen LogP contribution is -1.96. The van der Waals surface area contributed by atoms with Gasteiger partial charge in [-0.2, -0.15) is 5.26 Å². The Bertz CT molecular complexity index is 782. The van der Waals surface area contributed by atoms with Gasteiger partial charge in [-0.3, -0.25) is 0 Å². The van der Waals surface area contributed by atoms with Gasteiger partial charge in [0.1, 0.15) is 17.8 Å². The molecule has 0 radical (unpaired) electrons. The summed E-state index contributed by atoms with van der Waals surface area (Å²) in [5.41, 5.74) is 2.32. The molecular weight excluding hydrogens is 238 g/mol. The van der Waals surface area contributed by atoms with Gasteiger partial charge in [0.25, 0.3) is 0 Å². The van der Waals surface area contributed by atoms with E-state index in [9.17, 15) is 0 Å². The number of aryl methyl sites for hydroxylation is 1. The number of aromatic nitrogens is 3. The molecule has 2 heterocycles. The molecule has 0 fully saturated rings. The number of rotatable bonds is 2. The molecule has 92 valence electrons. The molecule has 5 heteroatoms. The molecule has 1 aromatic carbocycles. The van der Waals surface area contributed by atoms with Crippen molar-refractivity contribution >= 4 is 22.5 Å². The van der Waals surface area contributed by atoms with Crippen LogP contribution in [0.5, 0.6) is 0 Å². The Balaban J connectivity index is 2.03. The van der Waals surface area contributed by atoms with E-state index in [1.165, 1.54) is 6.33 Å². The normalized spacial score (nSPS) is 10.3. The highest BCUT2D eigenvalue weighted by Crippen LogP contribution is 2.23. The first kappa shape index (κ1) is 11.2. The first-order chi connectivity index (χ1) is 9.28. The number of hydrogen-bond acceptors (Lipinski definition) is 4. The van der Waals surface area contributed by atoms with Gasteiger partial charge in [-0.05, 0) is 24.3 Å². The fourth-order valence-electron chi connectivity index (χ4n) is 1.98. The summed E-state index contributed by atoms with van der Waals surface area (Å²) in [5.74, 6) is 0.737. The fourth-order valence-corrected chi connectivity index (χ4v) is 1.98. The lowest BCUT2D eigenvalue weighted by molar-refractivity contribution is 0.944. The summed E-state index contributed by atoms with van der Waals surface area (Å²) in [5, 5.41) is 13.1. The summed E-state index contributed by atoms with van der Waals surface area (Å²) in [6.45, 7) is 0. The van der Waals surface area contributed by atoms with Gasteiger partial charge >= 0.3 is 0 Å². The average molecular weight is 249 g/mol. The molecule has 19 heavy (non-hydrogen) atoms. The number of hydrogen-bond donors (Lipinski definition) is 1. The van der Waals surface area contributed by atoms with Crippen LogP contribution >= 0.6 is 0 Å². The van der Waals surface area contributed by atoms with Crippen LogP contribution in [0.1, 0.15) is 5.56 Å². The van der Waals surface area contributed by atoms with Crippen LogP contribution < -0.4 is 5.32 Å². The first-order valence-corrected chi connectivity index (χ1v) is 5.81. The molecule has 0 aliphatic rings. The number of nitrogens with zero attached hydrogens (tertiary/aromatic N) is 4. The largest absolute Gasteiger partial charge is 0.340 e. The van der Waals surface area contributed by atoms with Crippen molar-refractivity contribution in [1.29, 1.82) is 5.26 Å². The molecule has 0 aliphatic carbocycles. The molecule has 3 aromatic rings. The van der Waals surface area contributed by atoms with E-state index in [-0.39, 0.29) is 0 Å². The molecule has 0 bridgehead atoms. The van der Waals surface area contributed by atoms with Gasteiger partial charge in [0.05, 0.1) is 17.0 Å². The predicted octanol–water partition coefficient (Wildman–Crippen LogP) is 2.58. The molecular formula is C14H11N5. The molecule has 0 spiro atoms. The highest BCUT2D eigenvalue weighted by molar-refractivity contribution is 5.89. The minimum Gasteiger partial charge on any atom is -0.340 e. The van der Waals surface area contributed by atoms with E-state index in [1.54, 1.807) is 12.1 Å². The number of fused-ring (bicyclic) bond motifs is 1. The minimum absolute atomic E-state index is 0.614.